The molecule has 28 heavy (non-hydrogen) atoms. The summed E-state index contributed by atoms with van der Waals surface area (Å²) in [7, 11) is 1.65. The van der Waals surface area contributed by atoms with Crippen molar-refractivity contribution in [1.29, 1.82) is 0 Å². The molecule has 1 saturated carbocycles. The second-order valence-corrected chi connectivity index (χ2v) is 7.66. The van der Waals surface area contributed by atoms with Gasteiger partial charge in [-0.25, -0.2) is 0 Å². The third-order valence-corrected chi connectivity index (χ3v) is 5.60. The minimum atomic E-state index is -0.0586. The van der Waals surface area contributed by atoms with Crippen LogP contribution in [0.15, 0.2) is 48.5 Å². The summed E-state index contributed by atoms with van der Waals surface area (Å²) in [6.45, 7) is 1.48. The SMILES string of the molecule is COc1cccc(-c2cccc(C(=O)NC3CCN(C(=O)C4CC4)CC3)c2)c1. The highest BCUT2D eigenvalue weighted by atomic mass is 16.5. The van der Waals surface area contributed by atoms with E-state index in [2.05, 4.69) is 5.32 Å². The zero-order valence-corrected chi connectivity index (χ0v) is 16.2. The molecule has 0 atom stereocenters. The average molecular weight is 378 g/mol. The quantitative estimate of drug-likeness (QED) is 0.866. The van der Waals surface area contributed by atoms with E-state index in [1.807, 2.05) is 53.4 Å². The summed E-state index contributed by atoms with van der Waals surface area (Å²) in [5.74, 6) is 1.30. The molecule has 1 aliphatic carbocycles. The largest absolute Gasteiger partial charge is 0.497 e. The molecule has 1 aliphatic heterocycles. The molecule has 1 saturated heterocycles. The Kier molecular flexibility index (Phi) is 5.33. The minimum Gasteiger partial charge on any atom is -0.497 e. The van der Waals surface area contributed by atoms with E-state index in [9.17, 15) is 9.59 Å². The van der Waals surface area contributed by atoms with Crippen LogP contribution in [0, 0.1) is 5.92 Å². The summed E-state index contributed by atoms with van der Waals surface area (Å²) in [4.78, 5) is 26.9. The molecule has 5 heteroatoms. The molecule has 0 spiro atoms. The third kappa shape index (κ3) is 4.19. The first-order valence-corrected chi connectivity index (χ1v) is 9.98. The number of likely N-dealkylation sites (tertiary alicyclic amines) is 1. The fourth-order valence-electron chi connectivity index (χ4n) is 3.74. The Morgan fingerprint density at radius 2 is 1.64 bits per heavy atom. The van der Waals surface area contributed by atoms with Gasteiger partial charge < -0.3 is 15.0 Å². The van der Waals surface area contributed by atoms with Crippen LogP contribution in [0.5, 0.6) is 5.75 Å². The molecule has 1 N–H and O–H groups in total. The van der Waals surface area contributed by atoms with Gasteiger partial charge in [-0.3, -0.25) is 9.59 Å². The zero-order valence-electron chi connectivity index (χ0n) is 16.2. The lowest BCUT2D eigenvalue weighted by atomic mass is 10.0. The first-order chi connectivity index (χ1) is 13.6. The van der Waals surface area contributed by atoms with Crippen LogP contribution in [0.4, 0.5) is 0 Å². The number of hydrogen-bond acceptors (Lipinski definition) is 3. The molecule has 2 aromatic rings. The van der Waals surface area contributed by atoms with E-state index in [-0.39, 0.29) is 17.9 Å². The van der Waals surface area contributed by atoms with Crippen molar-refractivity contribution < 1.29 is 14.3 Å². The Morgan fingerprint density at radius 1 is 0.964 bits per heavy atom. The maximum absolute atomic E-state index is 12.7. The van der Waals surface area contributed by atoms with Gasteiger partial charge in [0.15, 0.2) is 0 Å². The molecule has 2 amide bonds. The van der Waals surface area contributed by atoms with Crippen LogP contribution in [0.1, 0.15) is 36.0 Å². The number of benzene rings is 2. The second kappa shape index (κ2) is 8.05. The van der Waals surface area contributed by atoms with Crippen LogP contribution < -0.4 is 10.1 Å². The fraction of sp³-hybridized carbons (Fsp3) is 0.391. The van der Waals surface area contributed by atoms with Gasteiger partial charge in [0.25, 0.3) is 5.91 Å². The van der Waals surface area contributed by atoms with E-state index in [1.165, 1.54) is 0 Å². The number of amides is 2. The van der Waals surface area contributed by atoms with Crippen molar-refractivity contribution in [1.82, 2.24) is 10.2 Å². The smallest absolute Gasteiger partial charge is 0.251 e. The Morgan fingerprint density at radius 3 is 2.32 bits per heavy atom. The van der Waals surface area contributed by atoms with Gasteiger partial charge in [0.2, 0.25) is 5.91 Å². The first kappa shape index (κ1) is 18.5. The summed E-state index contributed by atoms with van der Waals surface area (Å²) in [5, 5.41) is 3.14. The second-order valence-electron chi connectivity index (χ2n) is 7.66. The Hall–Kier alpha value is -2.82. The number of piperidine rings is 1. The van der Waals surface area contributed by atoms with Gasteiger partial charge in [-0.15, -0.1) is 0 Å². The van der Waals surface area contributed by atoms with E-state index in [4.69, 9.17) is 4.74 Å². The molecular formula is C23H26N2O3. The van der Waals surface area contributed by atoms with Gasteiger partial charge >= 0.3 is 0 Å². The Bertz CT molecular complexity index is 868. The van der Waals surface area contributed by atoms with E-state index in [1.54, 1.807) is 7.11 Å². The lowest BCUT2D eigenvalue weighted by Crippen LogP contribution is -2.47. The summed E-state index contributed by atoms with van der Waals surface area (Å²) in [5.41, 5.74) is 2.65. The number of nitrogens with one attached hydrogen (secondary N) is 1. The van der Waals surface area contributed by atoms with E-state index in [0.29, 0.717) is 11.5 Å². The molecule has 2 fully saturated rings. The van der Waals surface area contributed by atoms with Crippen LogP contribution in [-0.4, -0.2) is 43.0 Å². The Balaban J connectivity index is 1.38. The summed E-state index contributed by atoms with van der Waals surface area (Å²) in [6.07, 6.45) is 3.72. The average Bonchev–Trinajstić information content (AvgIpc) is 3.59. The van der Waals surface area contributed by atoms with Crippen LogP contribution in [0.25, 0.3) is 11.1 Å². The predicted octanol–water partition coefficient (Wildman–Crippen LogP) is 3.49. The van der Waals surface area contributed by atoms with E-state index >= 15 is 0 Å². The third-order valence-electron chi connectivity index (χ3n) is 5.60. The fourth-order valence-corrected chi connectivity index (χ4v) is 3.74. The number of hydrogen-bond donors (Lipinski definition) is 1. The highest BCUT2D eigenvalue weighted by molar-refractivity contribution is 5.95. The van der Waals surface area contributed by atoms with Crippen LogP contribution in [0.3, 0.4) is 0 Å². The molecule has 1 heterocycles. The van der Waals surface area contributed by atoms with Crippen LogP contribution >= 0.6 is 0 Å². The van der Waals surface area contributed by atoms with E-state index in [0.717, 1.165) is 55.6 Å². The molecular weight excluding hydrogens is 352 g/mol. The van der Waals surface area contributed by atoms with Crippen molar-refractivity contribution in [3.63, 3.8) is 0 Å². The van der Waals surface area contributed by atoms with Gasteiger partial charge in [-0.2, -0.15) is 0 Å². The topological polar surface area (TPSA) is 58.6 Å². The monoisotopic (exact) mass is 378 g/mol. The maximum atomic E-state index is 12.7. The van der Waals surface area contributed by atoms with E-state index < -0.39 is 0 Å². The zero-order chi connectivity index (χ0) is 19.5. The summed E-state index contributed by atoms with van der Waals surface area (Å²) < 4.78 is 5.29. The van der Waals surface area contributed by atoms with Crippen molar-refractivity contribution in [2.24, 2.45) is 5.92 Å². The van der Waals surface area contributed by atoms with Crippen molar-refractivity contribution in [3.05, 3.63) is 54.1 Å². The number of rotatable bonds is 5. The molecule has 0 aromatic heterocycles. The standard InChI is InChI=1S/C23H26N2O3/c1-28-21-7-3-5-18(15-21)17-4-2-6-19(14-17)22(26)24-20-10-12-25(13-11-20)23(27)16-8-9-16/h2-7,14-16,20H,8-13H2,1H3,(H,24,26). The van der Waals surface area contributed by atoms with Gasteiger partial charge in [0, 0.05) is 30.6 Å². The normalized spacial score (nSPS) is 17.2. The van der Waals surface area contributed by atoms with Gasteiger partial charge in [-0.1, -0.05) is 24.3 Å². The molecule has 146 valence electrons. The number of carbonyl (C=O) groups is 2. The van der Waals surface area contributed by atoms with Crippen molar-refractivity contribution in [2.75, 3.05) is 20.2 Å². The molecule has 2 aromatic carbocycles. The highest BCUT2D eigenvalue weighted by Gasteiger charge is 2.35. The number of methoxy groups -OCH3 is 1. The number of ether oxygens (including phenoxy) is 1. The first-order valence-electron chi connectivity index (χ1n) is 9.98. The molecule has 5 nitrogen and oxygen atoms in total. The molecule has 2 aliphatic rings. The molecule has 4 rings (SSSR count). The molecule has 0 radical (unpaired) electrons. The maximum Gasteiger partial charge on any atom is 0.251 e. The number of carbonyl (C=O) groups excluding carboxylic acids is 2. The van der Waals surface area contributed by atoms with Gasteiger partial charge in [0.05, 0.1) is 7.11 Å². The predicted molar refractivity (Wildman–Crippen MR) is 108 cm³/mol. The number of nitrogens with zero attached hydrogens (tertiary/aromatic N) is 1. The molecule has 0 unspecified atom stereocenters. The van der Waals surface area contributed by atoms with Gasteiger partial charge in [0.1, 0.15) is 5.75 Å². The molecule has 0 bridgehead atoms. The van der Waals surface area contributed by atoms with Crippen molar-refractivity contribution in [2.45, 2.75) is 31.7 Å². The minimum absolute atomic E-state index is 0.0586. The van der Waals surface area contributed by atoms with Gasteiger partial charge in [-0.05, 0) is 61.1 Å². The van der Waals surface area contributed by atoms with Crippen LogP contribution in [-0.2, 0) is 4.79 Å². The van der Waals surface area contributed by atoms with Crippen molar-refractivity contribution >= 4 is 11.8 Å². The lowest BCUT2D eigenvalue weighted by molar-refractivity contribution is -0.133. The summed E-state index contributed by atoms with van der Waals surface area (Å²) in [6, 6.07) is 15.6. The van der Waals surface area contributed by atoms with Crippen molar-refractivity contribution in [3.8, 4) is 16.9 Å². The van der Waals surface area contributed by atoms with Crippen LogP contribution in [0.2, 0.25) is 0 Å². The lowest BCUT2D eigenvalue weighted by Gasteiger charge is -2.32. The highest BCUT2D eigenvalue weighted by Crippen LogP contribution is 2.32. The Labute approximate surface area is 165 Å². The summed E-state index contributed by atoms with van der Waals surface area (Å²) >= 11 is 0.